The average Bonchev–Trinajstić information content (AvgIpc) is 2.89. The van der Waals surface area contributed by atoms with E-state index in [9.17, 15) is 5.11 Å². The third kappa shape index (κ3) is 2.03. The number of nitrogens with one attached hydrogen (secondary N) is 1. The summed E-state index contributed by atoms with van der Waals surface area (Å²) >= 11 is 6.32. The molecule has 4 rings (SSSR count). The monoisotopic (exact) mass is 294 g/mol. The summed E-state index contributed by atoms with van der Waals surface area (Å²) in [6.45, 7) is 0. The summed E-state index contributed by atoms with van der Waals surface area (Å²) in [4.78, 5) is 7.74. The van der Waals surface area contributed by atoms with Crippen molar-refractivity contribution < 1.29 is 5.11 Å². The lowest BCUT2D eigenvalue weighted by molar-refractivity contribution is 0.476. The number of halogens is 1. The molecule has 0 aliphatic rings. The molecule has 0 saturated heterocycles. The number of aromatic amines is 1. The van der Waals surface area contributed by atoms with Gasteiger partial charge in [-0.2, -0.15) is 0 Å². The number of hydrogen-bond donors (Lipinski definition) is 2. The van der Waals surface area contributed by atoms with E-state index in [0.29, 0.717) is 5.15 Å². The minimum absolute atomic E-state index is 0.246. The summed E-state index contributed by atoms with van der Waals surface area (Å²) < 4.78 is 0. The molecular weight excluding hydrogens is 284 g/mol. The molecule has 2 N–H and O–H groups in total. The Labute approximate surface area is 125 Å². The van der Waals surface area contributed by atoms with Crippen LogP contribution in [0.3, 0.4) is 0 Å². The predicted octanol–water partition coefficient (Wildman–Crippen LogP) is 4.74. The van der Waals surface area contributed by atoms with E-state index in [1.807, 2.05) is 42.5 Å². The molecule has 0 unspecified atom stereocenters. The third-order valence-corrected chi connectivity index (χ3v) is 3.86. The molecule has 0 fully saturated rings. The summed E-state index contributed by atoms with van der Waals surface area (Å²) in [5.74, 6) is 0.246. The number of para-hydroxylation sites is 1. The predicted molar refractivity (Wildman–Crippen MR) is 85.7 cm³/mol. The van der Waals surface area contributed by atoms with Gasteiger partial charge in [0.1, 0.15) is 10.9 Å². The lowest BCUT2D eigenvalue weighted by Crippen LogP contribution is -1.85. The van der Waals surface area contributed by atoms with Gasteiger partial charge in [0.15, 0.2) is 0 Å². The summed E-state index contributed by atoms with van der Waals surface area (Å²) in [6, 6.07) is 17.1. The quantitative estimate of drug-likeness (QED) is 0.498. The van der Waals surface area contributed by atoms with Gasteiger partial charge < -0.3 is 10.1 Å². The molecule has 0 bridgehead atoms. The van der Waals surface area contributed by atoms with E-state index in [2.05, 4.69) is 9.97 Å². The van der Waals surface area contributed by atoms with Gasteiger partial charge in [0.2, 0.25) is 0 Å². The number of aromatic hydroxyl groups is 1. The smallest absolute Gasteiger partial charge is 0.139 e. The lowest BCUT2D eigenvalue weighted by Gasteiger charge is -2.04. The third-order valence-electron chi connectivity index (χ3n) is 3.57. The average molecular weight is 295 g/mol. The maximum atomic E-state index is 9.55. The number of hydrogen-bond acceptors (Lipinski definition) is 2. The number of H-pyrrole nitrogens is 1. The molecule has 102 valence electrons. The highest BCUT2D eigenvalue weighted by Gasteiger charge is 2.10. The number of rotatable bonds is 1. The minimum Gasteiger partial charge on any atom is -0.508 e. The molecule has 2 aromatic heterocycles. The molecule has 21 heavy (non-hydrogen) atoms. The highest BCUT2D eigenvalue weighted by molar-refractivity contribution is 6.32. The van der Waals surface area contributed by atoms with E-state index in [0.717, 1.165) is 33.1 Å². The van der Waals surface area contributed by atoms with E-state index >= 15 is 0 Å². The van der Waals surface area contributed by atoms with Crippen molar-refractivity contribution in [2.75, 3.05) is 0 Å². The van der Waals surface area contributed by atoms with Crippen LogP contribution in [0.1, 0.15) is 0 Å². The highest BCUT2D eigenvalue weighted by atomic mass is 35.5. The van der Waals surface area contributed by atoms with Crippen LogP contribution in [0.4, 0.5) is 0 Å². The summed E-state index contributed by atoms with van der Waals surface area (Å²) in [5, 5.41) is 12.0. The molecule has 4 aromatic rings. The molecule has 0 spiro atoms. The maximum Gasteiger partial charge on any atom is 0.139 e. The van der Waals surface area contributed by atoms with Crippen LogP contribution in [-0.2, 0) is 0 Å². The number of phenols is 1. The lowest BCUT2D eigenvalue weighted by atomic mass is 10.1. The fourth-order valence-corrected chi connectivity index (χ4v) is 2.79. The second-order valence-corrected chi connectivity index (χ2v) is 5.33. The Kier molecular flexibility index (Phi) is 2.62. The normalized spacial score (nSPS) is 11.3. The van der Waals surface area contributed by atoms with Gasteiger partial charge in [-0.15, -0.1) is 0 Å². The van der Waals surface area contributed by atoms with E-state index in [1.54, 1.807) is 12.1 Å². The Morgan fingerprint density at radius 3 is 2.71 bits per heavy atom. The molecule has 2 heterocycles. The Hall–Kier alpha value is -2.52. The van der Waals surface area contributed by atoms with Gasteiger partial charge in [0, 0.05) is 27.5 Å². The van der Waals surface area contributed by atoms with Gasteiger partial charge in [-0.1, -0.05) is 29.8 Å². The van der Waals surface area contributed by atoms with Crippen LogP contribution in [0.5, 0.6) is 5.75 Å². The van der Waals surface area contributed by atoms with Crippen LogP contribution in [0, 0.1) is 0 Å². The van der Waals surface area contributed by atoms with Gasteiger partial charge in [0.05, 0.1) is 5.52 Å². The standard InChI is InChI=1S/C17H11ClN2O/c18-17-13(8-10-3-1-2-4-14(10)20-17)16-9-11-7-12(21)5-6-15(11)19-16/h1-9,19,21H. The fourth-order valence-electron chi connectivity index (χ4n) is 2.55. The van der Waals surface area contributed by atoms with Crippen molar-refractivity contribution in [3.63, 3.8) is 0 Å². The molecule has 4 heteroatoms. The van der Waals surface area contributed by atoms with Crippen LogP contribution in [0.25, 0.3) is 33.1 Å². The first-order valence-electron chi connectivity index (χ1n) is 6.58. The van der Waals surface area contributed by atoms with Gasteiger partial charge in [0.25, 0.3) is 0 Å². The van der Waals surface area contributed by atoms with Crippen molar-refractivity contribution in [1.29, 1.82) is 0 Å². The number of aromatic nitrogens is 2. The first-order chi connectivity index (χ1) is 10.2. The maximum absolute atomic E-state index is 9.55. The van der Waals surface area contributed by atoms with Crippen molar-refractivity contribution in [3.8, 4) is 17.0 Å². The zero-order valence-corrected chi connectivity index (χ0v) is 11.7. The van der Waals surface area contributed by atoms with Crippen molar-refractivity contribution in [2.45, 2.75) is 0 Å². The number of pyridine rings is 1. The van der Waals surface area contributed by atoms with Gasteiger partial charge in [-0.3, -0.25) is 0 Å². The van der Waals surface area contributed by atoms with Crippen LogP contribution >= 0.6 is 11.6 Å². The van der Waals surface area contributed by atoms with Gasteiger partial charge >= 0.3 is 0 Å². The fraction of sp³-hybridized carbons (Fsp3) is 0. The SMILES string of the molecule is Oc1ccc2[nH]c(-c3cc4ccccc4nc3Cl)cc2c1. The summed E-state index contributed by atoms with van der Waals surface area (Å²) in [7, 11) is 0. The molecule has 0 radical (unpaired) electrons. The van der Waals surface area contributed by atoms with E-state index in [-0.39, 0.29) is 5.75 Å². The number of nitrogens with zero attached hydrogens (tertiary/aromatic N) is 1. The van der Waals surface area contributed by atoms with Crippen molar-refractivity contribution in [3.05, 3.63) is 59.8 Å². The van der Waals surface area contributed by atoms with Crippen LogP contribution in [0.15, 0.2) is 54.6 Å². The largest absolute Gasteiger partial charge is 0.508 e. The zero-order chi connectivity index (χ0) is 14.4. The Bertz CT molecular complexity index is 975. The van der Waals surface area contributed by atoms with E-state index in [4.69, 9.17) is 11.6 Å². The second-order valence-electron chi connectivity index (χ2n) is 4.97. The van der Waals surface area contributed by atoms with Crippen molar-refractivity contribution in [1.82, 2.24) is 9.97 Å². The molecule has 0 atom stereocenters. The highest BCUT2D eigenvalue weighted by Crippen LogP contribution is 2.32. The van der Waals surface area contributed by atoms with Crippen LogP contribution in [0.2, 0.25) is 5.15 Å². The molecule has 3 nitrogen and oxygen atoms in total. The summed E-state index contributed by atoms with van der Waals surface area (Å²) in [5.41, 5.74) is 3.57. The van der Waals surface area contributed by atoms with Crippen molar-refractivity contribution in [2.24, 2.45) is 0 Å². The molecular formula is C17H11ClN2O. The number of fused-ring (bicyclic) bond motifs is 2. The second kappa shape index (κ2) is 4.50. The van der Waals surface area contributed by atoms with Crippen LogP contribution in [-0.4, -0.2) is 15.1 Å². The van der Waals surface area contributed by atoms with Crippen molar-refractivity contribution >= 4 is 33.4 Å². The zero-order valence-electron chi connectivity index (χ0n) is 11.0. The molecule has 0 aliphatic heterocycles. The Morgan fingerprint density at radius 2 is 1.81 bits per heavy atom. The topological polar surface area (TPSA) is 48.9 Å². The minimum atomic E-state index is 0.246. The Balaban J connectivity index is 1.96. The van der Waals surface area contributed by atoms with E-state index in [1.165, 1.54) is 0 Å². The first-order valence-corrected chi connectivity index (χ1v) is 6.96. The Morgan fingerprint density at radius 1 is 0.952 bits per heavy atom. The summed E-state index contributed by atoms with van der Waals surface area (Å²) in [6.07, 6.45) is 0. The molecule has 2 aromatic carbocycles. The molecule has 0 amide bonds. The first kappa shape index (κ1) is 12.2. The van der Waals surface area contributed by atoms with Gasteiger partial charge in [-0.25, -0.2) is 4.98 Å². The molecule has 0 saturated carbocycles. The van der Waals surface area contributed by atoms with Gasteiger partial charge in [-0.05, 0) is 36.4 Å². The number of phenolic OH excluding ortho intramolecular Hbond substituents is 1. The van der Waals surface area contributed by atoms with E-state index < -0.39 is 0 Å². The number of benzene rings is 2. The van der Waals surface area contributed by atoms with Crippen LogP contribution < -0.4 is 0 Å². The molecule has 0 aliphatic carbocycles.